The van der Waals surface area contributed by atoms with E-state index < -0.39 is 0 Å². The molecule has 0 aliphatic heterocycles. The van der Waals surface area contributed by atoms with Gasteiger partial charge in [-0.05, 0) is 27.7 Å². The Morgan fingerprint density at radius 2 is 1.94 bits per heavy atom. The number of nitrogens with zero attached hydrogens (tertiary/aromatic N) is 2. The Morgan fingerprint density at radius 1 is 1.29 bits per heavy atom. The molecule has 1 rings (SSSR count). The van der Waals surface area contributed by atoms with Crippen molar-refractivity contribution in [2.75, 3.05) is 17.2 Å². The van der Waals surface area contributed by atoms with Gasteiger partial charge in [-0.15, -0.1) is 0 Å². The van der Waals surface area contributed by atoms with Gasteiger partial charge in [0.25, 0.3) is 0 Å². The Hall–Kier alpha value is -1.65. The number of aromatic nitrogens is 2. The fourth-order valence-electron chi connectivity index (χ4n) is 1.27. The van der Waals surface area contributed by atoms with Crippen molar-refractivity contribution in [3.8, 4) is 0 Å². The third-order valence-corrected chi connectivity index (χ3v) is 1.95. The first-order valence-electron chi connectivity index (χ1n) is 5.70. The number of hydrogen-bond acceptors (Lipinski definition) is 5. The van der Waals surface area contributed by atoms with Crippen molar-refractivity contribution in [2.24, 2.45) is 0 Å². The summed E-state index contributed by atoms with van der Waals surface area (Å²) >= 11 is 0. The second-order valence-corrected chi connectivity index (χ2v) is 5.04. The third-order valence-electron chi connectivity index (χ3n) is 1.95. The summed E-state index contributed by atoms with van der Waals surface area (Å²) in [5.74, 6) is 1.67. The molecule has 5 nitrogen and oxygen atoms in total. The summed E-state index contributed by atoms with van der Waals surface area (Å²) in [4.78, 5) is 19.0. The number of rotatable bonds is 5. The Kier molecular flexibility index (Phi) is 4.43. The van der Waals surface area contributed by atoms with Crippen LogP contribution in [0.2, 0.25) is 0 Å². The highest BCUT2D eigenvalue weighted by Gasteiger charge is 2.10. The summed E-state index contributed by atoms with van der Waals surface area (Å²) in [6.07, 6.45) is 2.01. The minimum Gasteiger partial charge on any atom is -0.369 e. The van der Waals surface area contributed by atoms with E-state index in [0.717, 1.165) is 11.6 Å². The van der Waals surface area contributed by atoms with Crippen molar-refractivity contribution >= 4 is 17.4 Å². The number of carbonyl (C=O) groups is 1. The highest BCUT2D eigenvalue weighted by atomic mass is 16.1. The van der Waals surface area contributed by atoms with Crippen molar-refractivity contribution in [3.63, 3.8) is 0 Å². The van der Waals surface area contributed by atoms with Gasteiger partial charge in [0, 0.05) is 24.6 Å². The Bertz CT molecular complexity index is 384. The van der Waals surface area contributed by atoms with E-state index in [9.17, 15) is 4.79 Å². The van der Waals surface area contributed by atoms with Crippen LogP contribution < -0.4 is 10.6 Å². The monoisotopic (exact) mass is 236 g/mol. The predicted molar refractivity (Wildman–Crippen MR) is 69.2 cm³/mol. The van der Waals surface area contributed by atoms with E-state index in [1.165, 1.54) is 6.33 Å². The van der Waals surface area contributed by atoms with Crippen LogP contribution in [-0.4, -0.2) is 27.8 Å². The lowest BCUT2D eigenvalue weighted by atomic mass is 10.1. The van der Waals surface area contributed by atoms with E-state index in [-0.39, 0.29) is 11.3 Å². The lowest BCUT2D eigenvalue weighted by Crippen LogP contribution is -2.26. The number of nitrogens with one attached hydrogen (secondary N) is 2. The Balaban J connectivity index is 2.57. The molecule has 0 saturated heterocycles. The molecule has 5 heteroatoms. The van der Waals surface area contributed by atoms with Crippen molar-refractivity contribution in [1.82, 2.24) is 9.97 Å². The molecule has 1 heterocycles. The molecule has 0 spiro atoms. The van der Waals surface area contributed by atoms with Crippen molar-refractivity contribution < 1.29 is 4.79 Å². The zero-order chi connectivity index (χ0) is 12.9. The first-order chi connectivity index (χ1) is 7.87. The number of carbonyl (C=O) groups excluding carboxylic acids is 1. The van der Waals surface area contributed by atoms with Gasteiger partial charge in [-0.1, -0.05) is 0 Å². The largest absolute Gasteiger partial charge is 0.369 e. The van der Waals surface area contributed by atoms with Crippen LogP contribution in [-0.2, 0) is 4.79 Å². The van der Waals surface area contributed by atoms with E-state index >= 15 is 0 Å². The van der Waals surface area contributed by atoms with Gasteiger partial charge in [0.15, 0.2) is 0 Å². The van der Waals surface area contributed by atoms with Crippen molar-refractivity contribution in [1.29, 1.82) is 0 Å². The number of anilines is 2. The Labute approximate surface area is 102 Å². The van der Waals surface area contributed by atoms with Gasteiger partial charge in [-0.25, -0.2) is 9.97 Å². The quantitative estimate of drug-likeness (QED) is 0.819. The van der Waals surface area contributed by atoms with Gasteiger partial charge < -0.3 is 10.6 Å². The highest BCUT2D eigenvalue weighted by Crippen LogP contribution is 2.14. The summed E-state index contributed by atoms with van der Waals surface area (Å²) in [6, 6.07) is 1.84. The van der Waals surface area contributed by atoms with E-state index in [1.807, 2.05) is 6.07 Å². The maximum atomic E-state index is 10.8. The maximum Gasteiger partial charge on any atom is 0.131 e. The summed E-state index contributed by atoms with van der Waals surface area (Å²) in [5, 5.41) is 6.35. The molecule has 94 valence electrons. The van der Waals surface area contributed by atoms with Crippen LogP contribution in [0, 0.1) is 0 Å². The van der Waals surface area contributed by atoms with E-state index in [1.54, 1.807) is 6.92 Å². The number of hydrogen-bond donors (Lipinski definition) is 2. The molecule has 0 bridgehead atoms. The average Bonchev–Trinajstić information content (AvgIpc) is 2.14. The molecule has 0 fully saturated rings. The lowest BCUT2D eigenvalue weighted by Gasteiger charge is -2.21. The molecule has 0 unspecified atom stereocenters. The van der Waals surface area contributed by atoms with E-state index in [0.29, 0.717) is 13.0 Å². The van der Waals surface area contributed by atoms with E-state index in [2.05, 4.69) is 41.4 Å². The van der Waals surface area contributed by atoms with Crippen molar-refractivity contribution in [3.05, 3.63) is 12.4 Å². The van der Waals surface area contributed by atoms with Gasteiger partial charge in [-0.3, -0.25) is 4.79 Å². The molecule has 0 amide bonds. The zero-order valence-electron chi connectivity index (χ0n) is 10.9. The van der Waals surface area contributed by atoms with E-state index in [4.69, 9.17) is 0 Å². The fourth-order valence-corrected chi connectivity index (χ4v) is 1.27. The lowest BCUT2D eigenvalue weighted by molar-refractivity contribution is -0.116. The van der Waals surface area contributed by atoms with Gasteiger partial charge in [-0.2, -0.15) is 0 Å². The summed E-state index contributed by atoms with van der Waals surface area (Å²) < 4.78 is 0. The minimum atomic E-state index is -0.0367. The average molecular weight is 236 g/mol. The zero-order valence-corrected chi connectivity index (χ0v) is 10.9. The minimum absolute atomic E-state index is 0.0367. The summed E-state index contributed by atoms with van der Waals surface area (Å²) in [7, 11) is 0. The standard InChI is InChI=1S/C12H20N4O/c1-9(17)5-6-13-10-7-11(15-8-14-10)16-12(2,3)4/h7-8H,5-6H2,1-4H3,(H2,13,14,15,16). The van der Waals surface area contributed by atoms with Crippen LogP contribution >= 0.6 is 0 Å². The van der Waals surface area contributed by atoms with Crippen molar-refractivity contribution in [2.45, 2.75) is 39.7 Å². The highest BCUT2D eigenvalue weighted by molar-refractivity contribution is 5.75. The van der Waals surface area contributed by atoms with Gasteiger partial charge in [0.05, 0.1) is 0 Å². The predicted octanol–water partition coefficient (Wildman–Crippen LogP) is 2.08. The molecule has 0 saturated carbocycles. The maximum absolute atomic E-state index is 10.8. The first kappa shape index (κ1) is 13.4. The SMILES string of the molecule is CC(=O)CCNc1cc(NC(C)(C)C)ncn1. The van der Waals surface area contributed by atoms with Crippen LogP contribution in [0.15, 0.2) is 12.4 Å². The molecule has 1 aromatic rings. The van der Waals surface area contributed by atoms with Gasteiger partial charge in [0.2, 0.25) is 0 Å². The Morgan fingerprint density at radius 3 is 2.53 bits per heavy atom. The molecule has 17 heavy (non-hydrogen) atoms. The molecule has 0 aromatic carbocycles. The van der Waals surface area contributed by atoms with Gasteiger partial charge >= 0.3 is 0 Å². The van der Waals surface area contributed by atoms with Crippen LogP contribution in [0.1, 0.15) is 34.1 Å². The van der Waals surface area contributed by atoms with Crippen LogP contribution in [0.25, 0.3) is 0 Å². The second kappa shape index (κ2) is 5.61. The summed E-state index contributed by atoms with van der Waals surface area (Å²) in [6.45, 7) is 8.38. The molecule has 0 aliphatic carbocycles. The fraction of sp³-hybridized carbons (Fsp3) is 0.583. The molecule has 0 atom stereocenters. The van der Waals surface area contributed by atoms with Crippen LogP contribution in [0.3, 0.4) is 0 Å². The smallest absolute Gasteiger partial charge is 0.131 e. The summed E-state index contributed by atoms with van der Waals surface area (Å²) in [5.41, 5.74) is -0.0367. The number of ketones is 1. The molecule has 2 N–H and O–H groups in total. The van der Waals surface area contributed by atoms with Crippen LogP contribution in [0.5, 0.6) is 0 Å². The van der Waals surface area contributed by atoms with Gasteiger partial charge in [0.1, 0.15) is 23.7 Å². The molecular formula is C12H20N4O. The van der Waals surface area contributed by atoms with Crippen LogP contribution in [0.4, 0.5) is 11.6 Å². The number of Topliss-reactive ketones (excluding diaryl/α,β-unsaturated/α-hetero) is 1. The topological polar surface area (TPSA) is 66.9 Å². The molecule has 1 aromatic heterocycles. The second-order valence-electron chi connectivity index (χ2n) is 5.04. The first-order valence-corrected chi connectivity index (χ1v) is 5.70. The third kappa shape index (κ3) is 5.85. The normalized spacial score (nSPS) is 11.1. The molecule has 0 radical (unpaired) electrons. The molecular weight excluding hydrogens is 216 g/mol. The molecule has 0 aliphatic rings.